The fraction of sp³-hybridized carbons (Fsp3) is 0.130. The molecule has 31 heavy (non-hydrogen) atoms. The van der Waals surface area contributed by atoms with E-state index in [0.717, 1.165) is 0 Å². The normalized spacial score (nSPS) is 10.2. The molecule has 0 heterocycles. The lowest BCUT2D eigenvalue weighted by Crippen LogP contribution is -2.19. The zero-order valence-corrected chi connectivity index (χ0v) is 17.8. The molecule has 8 heteroatoms. The van der Waals surface area contributed by atoms with E-state index in [1.54, 1.807) is 42.5 Å². The maximum Gasteiger partial charge on any atom is 0.323 e. The number of benzene rings is 3. The molecule has 0 spiro atoms. The van der Waals surface area contributed by atoms with Gasteiger partial charge in [-0.15, -0.1) is 0 Å². The molecular weight excluding hydrogens is 418 g/mol. The first kappa shape index (κ1) is 22.0. The number of urea groups is 1. The highest BCUT2D eigenvalue weighted by molar-refractivity contribution is 6.32. The lowest BCUT2D eigenvalue weighted by Gasteiger charge is -2.13. The average Bonchev–Trinajstić information content (AvgIpc) is 2.76. The van der Waals surface area contributed by atoms with Crippen molar-refractivity contribution < 1.29 is 19.1 Å². The molecule has 3 aromatic rings. The standard InChI is InChI=1S/C23H22ClN3O4/c1-3-31-21-19(24)12-15(13-20(21)30-2)22(28)25-17-10-7-11-18(14-17)27-23(29)26-16-8-5-4-6-9-16/h4-14H,3H2,1-2H3,(H,25,28)(H2,26,27,29). The second kappa shape index (κ2) is 10.4. The molecule has 0 atom stereocenters. The highest BCUT2D eigenvalue weighted by atomic mass is 35.5. The minimum Gasteiger partial charge on any atom is -0.493 e. The summed E-state index contributed by atoms with van der Waals surface area (Å²) in [4.78, 5) is 24.9. The monoisotopic (exact) mass is 439 g/mol. The van der Waals surface area contributed by atoms with Gasteiger partial charge in [-0.2, -0.15) is 0 Å². The Morgan fingerprint density at radius 3 is 2.19 bits per heavy atom. The summed E-state index contributed by atoms with van der Waals surface area (Å²) in [5.41, 5.74) is 2.01. The maximum absolute atomic E-state index is 12.7. The van der Waals surface area contributed by atoms with Gasteiger partial charge >= 0.3 is 6.03 Å². The molecule has 0 fully saturated rings. The average molecular weight is 440 g/mol. The summed E-state index contributed by atoms with van der Waals surface area (Å²) in [5.74, 6) is 0.375. The summed E-state index contributed by atoms with van der Waals surface area (Å²) in [5, 5.41) is 8.53. The van der Waals surface area contributed by atoms with Gasteiger partial charge in [-0.1, -0.05) is 35.9 Å². The Kier molecular flexibility index (Phi) is 7.35. The third-order valence-corrected chi connectivity index (χ3v) is 4.47. The molecule has 3 amide bonds. The number of para-hydroxylation sites is 1. The van der Waals surface area contributed by atoms with Crippen LogP contribution >= 0.6 is 11.6 Å². The number of hydrogen-bond donors (Lipinski definition) is 3. The Morgan fingerprint density at radius 2 is 1.52 bits per heavy atom. The van der Waals surface area contributed by atoms with Crippen LogP contribution in [-0.2, 0) is 0 Å². The van der Waals surface area contributed by atoms with Crippen LogP contribution in [0.15, 0.2) is 66.7 Å². The predicted octanol–water partition coefficient (Wildman–Crippen LogP) is 5.64. The minimum atomic E-state index is -0.391. The van der Waals surface area contributed by atoms with Gasteiger partial charge in [-0.25, -0.2) is 4.79 Å². The number of anilines is 3. The van der Waals surface area contributed by atoms with Crippen LogP contribution in [0.5, 0.6) is 11.5 Å². The highest BCUT2D eigenvalue weighted by Crippen LogP contribution is 2.36. The lowest BCUT2D eigenvalue weighted by atomic mass is 10.1. The van der Waals surface area contributed by atoms with Gasteiger partial charge in [0.2, 0.25) is 0 Å². The van der Waals surface area contributed by atoms with Crippen molar-refractivity contribution in [3.8, 4) is 11.5 Å². The minimum absolute atomic E-state index is 0.277. The Balaban J connectivity index is 1.70. The first-order valence-corrected chi connectivity index (χ1v) is 9.92. The van der Waals surface area contributed by atoms with Crippen LogP contribution in [0.3, 0.4) is 0 Å². The van der Waals surface area contributed by atoms with Crippen molar-refractivity contribution in [2.45, 2.75) is 6.92 Å². The quantitative estimate of drug-likeness (QED) is 0.444. The number of halogens is 1. The first-order chi connectivity index (χ1) is 15.0. The van der Waals surface area contributed by atoms with E-state index >= 15 is 0 Å². The molecule has 0 aliphatic heterocycles. The van der Waals surface area contributed by atoms with E-state index in [9.17, 15) is 9.59 Å². The zero-order chi connectivity index (χ0) is 22.2. The van der Waals surface area contributed by atoms with Crippen LogP contribution in [0, 0.1) is 0 Å². The van der Waals surface area contributed by atoms with Gasteiger partial charge in [-0.05, 0) is 49.4 Å². The molecule has 3 rings (SSSR count). The van der Waals surface area contributed by atoms with Crippen LogP contribution < -0.4 is 25.4 Å². The van der Waals surface area contributed by atoms with Gasteiger partial charge < -0.3 is 25.4 Å². The number of methoxy groups -OCH3 is 1. The molecule has 0 radical (unpaired) electrons. The SMILES string of the molecule is CCOc1c(Cl)cc(C(=O)Nc2cccc(NC(=O)Nc3ccccc3)c2)cc1OC. The van der Waals surface area contributed by atoms with Gasteiger partial charge in [0, 0.05) is 22.6 Å². The third kappa shape index (κ3) is 5.90. The van der Waals surface area contributed by atoms with Crippen molar-refractivity contribution in [3.05, 3.63) is 77.3 Å². The number of carbonyl (C=O) groups is 2. The van der Waals surface area contributed by atoms with Crippen molar-refractivity contribution in [2.24, 2.45) is 0 Å². The van der Waals surface area contributed by atoms with E-state index in [2.05, 4.69) is 16.0 Å². The molecule has 0 saturated heterocycles. The molecule has 0 aromatic heterocycles. The second-order valence-electron chi connectivity index (χ2n) is 6.40. The summed E-state index contributed by atoms with van der Waals surface area (Å²) in [6.07, 6.45) is 0. The van der Waals surface area contributed by atoms with E-state index in [1.807, 2.05) is 25.1 Å². The Hall–Kier alpha value is -3.71. The van der Waals surface area contributed by atoms with Crippen molar-refractivity contribution >= 4 is 40.6 Å². The topological polar surface area (TPSA) is 88.7 Å². The molecule has 0 aliphatic rings. The molecule has 7 nitrogen and oxygen atoms in total. The summed E-state index contributed by atoms with van der Waals surface area (Å²) >= 11 is 6.25. The molecule has 3 aromatic carbocycles. The summed E-state index contributed by atoms with van der Waals surface area (Å²) in [6.45, 7) is 2.25. The van der Waals surface area contributed by atoms with Crippen LogP contribution in [0.4, 0.5) is 21.9 Å². The molecular formula is C23H22ClN3O4. The smallest absolute Gasteiger partial charge is 0.323 e. The maximum atomic E-state index is 12.7. The lowest BCUT2D eigenvalue weighted by molar-refractivity contribution is 0.102. The van der Waals surface area contributed by atoms with Crippen LogP contribution in [0.1, 0.15) is 17.3 Å². The molecule has 0 unspecified atom stereocenters. The Labute approximate surface area is 185 Å². The van der Waals surface area contributed by atoms with Gasteiger partial charge in [-0.3, -0.25) is 4.79 Å². The van der Waals surface area contributed by atoms with Crippen LogP contribution in [-0.4, -0.2) is 25.7 Å². The van der Waals surface area contributed by atoms with E-state index in [0.29, 0.717) is 40.7 Å². The number of amides is 3. The van der Waals surface area contributed by atoms with E-state index in [1.165, 1.54) is 13.2 Å². The van der Waals surface area contributed by atoms with Crippen molar-refractivity contribution in [3.63, 3.8) is 0 Å². The molecule has 0 saturated carbocycles. The fourth-order valence-electron chi connectivity index (χ4n) is 2.83. The van der Waals surface area contributed by atoms with E-state index < -0.39 is 6.03 Å². The number of hydrogen-bond acceptors (Lipinski definition) is 4. The van der Waals surface area contributed by atoms with Crippen molar-refractivity contribution in [1.82, 2.24) is 0 Å². The third-order valence-electron chi connectivity index (χ3n) is 4.19. The largest absolute Gasteiger partial charge is 0.493 e. The van der Waals surface area contributed by atoms with Gasteiger partial charge in [0.1, 0.15) is 0 Å². The van der Waals surface area contributed by atoms with Gasteiger partial charge in [0.05, 0.1) is 18.7 Å². The molecule has 160 valence electrons. The predicted molar refractivity (Wildman–Crippen MR) is 123 cm³/mol. The number of carbonyl (C=O) groups excluding carboxylic acids is 2. The summed E-state index contributed by atoms with van der Waals surface area (Å²) in [7, 11) is 1.48. The van der Waals surface area contributed by atoms with Gasteiger partial charge in [0.15, 0.2) is 11.5 Å². The first-order valence-electron chi connectivity index (χ1n) is 9.55. The van der Waals surface area contributed by atoms with Gasteiger partial charge in [0.25, 0.3) is 5.91 Å². The summed E-state index contributed by atoms with van der Waals surface area (Å²) < 4.78 is 10.8. The van der Waals surface area contributed by atoms with Crippen LogP contribution in [0.25, 0.3) is 0 Å². The number of ether oxygens (including phenoxy) is 2. The summed E-state index contributed by atoms with van der Waals surface area (Å²) in [6, 6.07) is 18.6. The van der Waals surface area contributed by atoms with Crippen molar-refractivity contribution in [2.75, 3.05) is 29.7 Å². The van der Waals surface area contributed by atoms with Crippen LogP contribution in [0.2, 0.25) is 5.02 Å². The fourth-order valence-corrected chi connectivity index (χ4v) is 3.09. The van der Waals surface area contributed by atoms with E-state index in [4.69, 9.17) is 21.1 Å². The Bertz CT molecular complexity index is 1070. The van der Waals surface area contributed by atoms with E-state index in [-0.39, 0.29) is 10.9 Å². The number of nitrogens with one attached hydrogen (secondary N) is 3. The number of rotatable bonds is 7. The molecule has 0 aliphatic carbocycles. The zero-order valence-electron chi connectivity index (χ0n) is 17.1. The molecule has 3 N–H and O–H groups in total. The molecule has 0 bridgehead atoms. The second-order valence-corrected chi connectivity index (χ2v) is 6.81. The van der Waals surface area contributed by atoms with Crippen molar-refractivity contribution in [1.29, 1.82) is 0 Å². The Morgan fingerprint density at radius 1 is 0.871 bits per heavy atom. The highest BCUT2D eigenvalue weighted by Gasteiger charge is 2.16.